The summed E-state index contributed by atoms with van der Waals surface area (Å²) in [6.07, 6.45) is 1.87. The van der Waals surface area contributed by atoms with Crippen molar-refractivity contribution in [3.05, 3.63) is 42.0 Å². The van der Waals surface area contributed by atoms with Gasteiger partial charge in [-0.25, -0.2) is 4.79 Å². The van der Waals surface area contributed by atoms with Gasteiger partial charge in [-0.05, 0) is 12.1 Å². The Hall–Kier alpha value is -2.81. The molecule has 1 aromatic rings. The second kappa shape index (κ2) is 6.76. The third-order valence-electron chi connectivity index (χ3n) is 3.52. The van der Waals surface area contributed by atoms with Gasteiger partial charge in [-0.1, -0.05) is 12.1 Å². The van der Waals surface area contributed by atoms with Crippen LogP contribution in [0.25, 0.3) is 0 Å². The minimum atomic E-state index is -0.300. The lowest BCUT2D eigenvalue weighted by Crippen LogP contribution is -2.36. The van der Waals surface area contributed by atoms with Crippen LogP contribution < -0.4 is 5.32 Å². The molecule has 0 saturated heterocycles. The molecule has 22 heavy (non-hydrogen) atoms. The van der Waals surface area contributed by atoms with Gasteiger partial charge in [0.1, 0.15) is 0 Å². The summed E-state index contributed by atoms with van der Waals surface area (Å²) < 4.78 is 0. The monoisotopic (exact) mass is 298 g/mol. The molecule has 0 bridgehead atoms. The smallest absolute Gasteiger partial charge is 0.322 e. The van der Waals surface area contributed by atoms with Crippen molar-refractivity contribution in [1.82, 2.24) is 9.80 Å². The van der Waals surface area contributed by atoms with Crippen LogP contribution in [-0.2, 0) is 6.54 Å². The maximum absolute atomic E-state index is 12.3. The lowest BCUT2D eigenvalue weighted by atomic mass is 10.1. The average molecular weight is 298 g/mol. The van der Waals surface area contributed by atoms with Crippen molar-refractivity contribution in [3.8, 4) is 6.07 Å². The molecular weight excluding hydrogens is 280 g/mol. The summed E-state index contributed by atoms with van der Waals surface area (Å²) in [7, 11) is 1.73. The Morgan fingerprint density at radius 2 is 2.36 bits per heavy atom. The SMILES string of the molecule is C=CCN(CCC#N)C(=O)Nc1cccc2c1CN(C)C2=O. The second-order valence-electron chi connectivity index (χ2n) is 5.07. The van der Waals surface area contributed by atoms with Gasteiger partial charge in [-0.15, -0.1) is 6.58 Å². The highest BCUT2D eigenvalue weighted by Crippen LogP contribution is 2.28. The molecule has 6 heteroatoms. The molecule has 3 amide bonds. The van der Waals surface area contributed by atoms with Gasteiger partial charge in [0.05, 0.1) is 12.5 Å². The van der Waals surface area contributed by atoms with Gasteiger partial charge < -0.3 is 15.1 Å². The van der Waals surface area contributed by atoms with Gasteiger partial charge >= 0.3 is 6.03 Å². The minimum Gasteiger partial charge on any atom is -0.337 e. The van der Waals surface area contributed by atoms with E-state index in [9.17, 15) is 9.59 Å². The third-order valence-corrected chi connectivity index (χ3v) is 3.52. The Bertz CT molecular complexity index is 648. The number of anilines is 1. The standard InChI is InChI=1S/C16H18N4O2/c1-3-9-20(10-5-8-17)16(22)18-14-7-4-6-12-13(14)11-19(2)15(12)21/h3-4,6-7H,1,5,9-11H2,2H3,(H,18,22). The van der Waals surface area contributed by atoms with E-state index >= 15 is 0 Å². The quantitative estimate of drug-likeness (QED) is 0.847. The molecule has 0 aliphatic carbocycles. The summed E-state index contributed by atoms with van der Waals surface area (Å²) in [5.74, 6) is -0.0430. The molecular formula is C16H18N4O2. The number of carbonyl (C=O) groups is 2. The van der Waals surface area contributed by atoms with E-state index in [0.717, 1.165) is 5.56 Å². The van der Waals surface area contributed by atoms with Gasteiger partial charge in [0.15, 0.2) is 0 Å². The maximum Gasteiger partial charge on any atom is 0.322 e. The van der Waals surface area contributed by atoms with Gasteiger partial charge in [-0.3, -0.25) is 4.79 Å². The number of nitriles is 1. The van der Waals surface area contributed by atoms with Crippen LogP contribution in [0.2, 0.25) is 0 Å². The topological polar surface area (TPSA) is 76.4 Å². The van der Waals surface area contributed by atoms with E-state index in [1.165, 1.54) is 4.90 Å². The van der Waals surface area contributed by atoms with E-state index < -0.39 is 0 Å². The molecule has 1 heterocycles. The molecule has 0 fully saturated rings. The molecule has 0 aromatic heterocycles. The van der Waals surface area contributed by atoms with Gasteiger partial charge in [0.25, 0.3) is 5.91 Å². The minimum absolute atomic E-state index is 0.0430. The van der Waals surface area contributed by atoms with Gasteiger partial charge in [0.2, 0.25) is 0 Å². The summed E-state index contributed by atoms with van der Waals surface area (Å²) in [4.78, 5) is 27.4. The molecule has 114 valence electrons. The molecule has 0 spiro atoms. The molecule has 6 nitrogen and oxygen atoms in total. The fourth-order valence-electron chi connectivity index (χ4n) is 2.40. The first-order valence-corrected chi connectivity index (χ1v) is 6.99. The number of fused-ring (bicyclic) bond motifs is 1. The van der Waals surface area contributed by atoms with E-state index in [0.29, 0.717) is 30.9 Å². The molecule has 1 aliphatic rings. The molecule has 0 unspecified atom stereocenters. The summed E-state index contributed by atoms with van der Waals surface area (Å²) >= 11 is 0. The Balaban J connectivity index is 2.17. The van der Waals surface area contributed by atoms with Crippen molar-refractivity contribution in [2.75, 3.05) is 25.5 Å². The molecule has 0 radical (unpaired) electrons. The van der Waals surface area contributed by atoms with E-state index in [4.69, 9.17) is 5.26 Å². The van der Waals surface area contributed by atoms with Crippen LogP contribution in [0.1, 0.15) is 22.3 Å². The van der Waals surface area contributed by atoms with Crippen molar-refractivity contribution < 1.29 is 9.59 Å². The number of carbonyl (C=O) groups excluding carboxylic acids is 2. The van der Waals surface area contributed by atoms with Crippen molar-refractivity contribution in [2.24, 2.45) is 0 Å². The number of rotatable bonds is 5. The first-order chi connectivity index (χ1) is 10.6. The van der Waals surface area contributed by atoms with Crippen LogP contribution in [0.4, 0.5) is 10.5 Å². The fraction of sp³-hybridized carbons (Fsp3) is 0.312. The first kappa shape index (κ1) is 15.6. The highest BCUT2D eigenvalue weighted by atomic mass is 16.2. The number of urea groups is 1. The third kappa shape index (κ3) is 3.09. The number of hydrogen-bond donors (Lipinski definition) is 1. The maximum atomic E-state index is 12.3. The zero-order valence-corrected chi connectivity index (χ0v) is 12.5. The van der Waals surface area contributed by atoms with E-state index in [2.05, 4.69) is 11.9 Å². The summed E-state index contributed by atoms with van der Waals surface area (Å²) in [6.45, 7) is 4.79. The highest BCUT2D eigenvalue weighted by molar-refractivity contribution is 6.01. The largest absolute Gasteiger partial charge is 0.337 e. The Morgan fingerprint density at radius 1 is 1.59 bits per heavy atom. The second-order valence-corrected chi connectivity index (χ2v) is 5.07. The Morgan fingerprint density at radius 3 is 3.05 bits per heavy atom. The normalized spacial score (nSPS) is 12.5. The lowest BCUT2D eigenvalue weighted by molar-refractivity contribution is 0.0816. The first-order valence-electron chi connectivity index (χ1n) is 6.99. The van der Waals surface area contributed by atoms with Crippen LogP contribution >= 0.6 is 0 Å². The van der Waals surface area contributed by atoms with E-state index in [1.54, 1.807) is 36.2 Å². The summed E-state index contributed by atoms with van der Waals surface area (Å²) in [5, 5.41) is 11.5. The highest BCUT2D eigenvalue weighted by Gasteiger charge is 2.27. The predicted octanol–water partition coefficient (Wildman–Crippen LogP) is 2.21. The molecule has 0 saturated carbocycles. The number of nitrogens with zero attached hydrogens (tertiary/aromatic N) is 3. The average Bonchev–Trinajstić information content (AvgIpc) is 2.80. The number of benzene rings is 1. The van der Waals surface area contributed by atoms with Crippen LogP contribution in [0.3, 0.4) is 0 Å². The Labute approximate surface area is 129 Å². The number of amides is 3. The van der Waals surface area contributed by atoms with Crippen LogP contribution in [-0.4, -0.2) is 41.9 Å². The lowest BCUT2D eigenvalue weighted by Gasteiger charge is -2.21. The molecule has 0 atom stereocenters. The van der Waals surface area contributed by atoms with Crippen LogP contribution in [0.5, 0.6) is 0 Å². The summed E-state index contributed by atoms with van der Waals surface area (Å²) in [6, 6.07) is 7.00. The van der Waals surface area contributed by atoms with Crippen molar-refractivity contribution in [3.63, 3.8) is 0 Å². The van der Waals surface area contributed by atoms with E-state index in [1.807, 2.05) is 6.07 Å². The zero-order valence-electron chi connectivity index (χ0n) is 12.5. The Kier molecular flexibility index (Phi) is 4.79. The van der Waals surface area contributed by atoms with Crippen molar-refractivity contribution in [1.29, 1.82) is 5.26 Å². The molecule has 1 N–H and O–H groups in total. The number of hydrogen-bond acceptors (Lipinski definition) is 3. The van der Waals surface area contributed by atoms with Crippen LogP contribution in [0, 0.1) is 11.3 Å². The van der Waals surface area contributed by atoms with E-state index in [-0.39, 0.29) is 18.4 Å². The predicted molar refractivity (Wildman–Crippen MR) is 83.3 cm³/mol. The fourth-order valence-corrected chi connectivity index (χ4v) is 2.40. The van der Waals surface area contributed by atoms with Gasteiger partial charge in [0, 0.05) is 43.5 Å². The van der Waals surface area contributed by atoms with Gasteiger partial charge in [-0.2, -0.15) is 5.26 Å². The molecule has 2 rings (SSSR count). The molecule has 1 aromatic carbocycles. The zero-order chi connectivity index (χ0) is 16.1. The van der Waals surface area contributed by atoms with Crippen molar-refractivity contribution >= 4 is 17.6 Å². The number of nitrogens with one attached hydrogen (secondary N) is 1. The summed E-state index contributed by atoms with van der Waals surface area (Å²) in [5.41, 5.74) is 2.07. The van der Waals surface area contributed by atoms with Crippen molar-refractivity contribution in [2.45, 2.75) is 13.0 Å². The molecule has 1 aliphatic heterocycles. The van der Waals surface area contributed by atoms with Crippen LogP contribution in [0.15, 0.2) is 30.9 Å².